The summed E-state index contributed by atoms with van der Waals surface area (Å²) in [5, 5.41) is 3.47. The monoisotopic (exact) mass is 211 g/mol. The number of carbonyl (C=O) groups is 1. The molecule has 0 aliphatic carbocycles. The standard InChI is InChI=1S/C12H21NO2/c1-6-15-10(14)9-7-11(2,3)13-12(4,5)8-9/h7,13H,6,8H2,1-5H3. The van der Waals surface area contributed by atoms with Crippen molar-refractivity contribution in [2.75, 3.05) is 6.61 Å². The number of ether oxygens (including phenoxy) is 1. The Balaban J connectivity index is 2.89. The molecule has 0 unspecified atom stereocenters. The Morgan fingerprint density at radius 2 is 2.07 bits per heavy atom. The zero-order valence-corrected chi connectivity index (χ0v) is 10.3. The summed E-state index contributed by atoms with van der Waals surface area (Å²) in [5.74, 6) is -0.180. The molecule has 0 atom stereocenters. The van der Waals surface area contributed by atoms with Gasteiger partial charge in [-0.3, -0.25) is 0 Å². The summed E-state index contributed by atoms with van der Waals surface area (Å²) in [6, 6.07) is 0. The lowest BCUT2D eigenvalue weighted by molar-refractivity contribution is -0.139. The minimum Gasteiger partial charge on any atom is -0.463 e. The number of hydrogen-bond donors (Lipinski definition) is 1. The van der Waals surface area contributed by atoms with E-state index in [1.54, 1.807) is 0 Å². The summed E-state index contributed by atoms with van der Waals surface area (Å²) in [6.45, 7) is 10.6. The van der Waals surface area contributed by atoms with Gasteiger partial charge in [-0.25, -0.2) is 4.79 Å². The van der Waals surface area contributed by atoms with E-state index in [4.69, 9.17) is 4.74 Å². The first-order chi connectivity index (χ1) is 6.76. The van der Waals surface area contributed by atoms with Crippen molar-refractivity contribution in [1.29, 1.82) is 0 Å². The fourth-order valence-corrected chi connectivity index (χ4v) is 2.27. The second-order valence-electron chi connectivity index (χ2n) is 5.30. The van der Waals surface area contributed by atoms with Crippen LogP contribution in [0.25, 0.3) is 0 Å². The molecule has 1 aliphatic rings. The minimum absolute atomic E-state index is 0.0552. The Hall–Kier alpha value is -0.830. The van der Waals surface area contributed by atoms with Gasteiger partial charge in [0.25, 0.3) is 0 Å². The van der Waals surface area contributed by atoms with E-state index in [9.17, 15) is 4.79 Å². The van der Waals surface area contributed by atoms with Crippen molar-refractivity contribution in [2.24, 2.45) is 0 Å². The van der Waals surface area contributed by atoms with Crippen LogP contribution in [0.3, 0.4) is 0 Å². The van der Waals surface area contributed by atoms with Crippen LogP contribution in [0.5, 0.6) is 0 Å². The Morgan fingerprint density at radius 1 is 1.47 bits per heavy atom. The lowest BCUT2D eigenvalue weighted by atomic mass is 9.83. The number of hydrogen-bond acceptors (Lipinski definition) is 3. The molecule has 0 saturated heterocycles. The molecule has 0 spiro atoms. The summed E-state index contributed by atoms with van der Waals surface area (Å²) in [5.41, 5.74) is 0.579. The van der Waals surface area contributed by atoms with E-state index in [-0.39, 0.29) is 17.0 Å². The average molecular weight is 211 g/mol. The zero-order chi connectivity index (χ0) is 11.7. The first kappa shape index (κ1) is 12.2. The third-order valence-corrected chi connectivity index (χ3v) is 2.37. The molecular formula is C12H21NO2. The predicted octanol–water partition coefficient (Wildman–Crippen LogP) is 2.03. The Morgan fingerprint density at radius 3 is 2.53 bits per heavy atom. The maximum atomic E-state index is 11.7. The molecule has 0 bridgehead atoms. The van der Waals surface area contributed by atoms with Crippen LogP contribution in [0.15, 0.2) is 11.6 Å². The van der Waals surface area contributed by atoms with Gasteiger partial charge in [0.1, 0.15) is 0 Å². The van der Waals surface area contributed by atoms with Gasteiger partial charge in [-0.1, -0.05) is 6.08 Å². The van der Waals surface area contributed by atoms with Crippen LogP contribution in [-0.4, -0.2) is 23.7 Å². The highest BCUT2D eigenvalue weighted by Crippen LogP contribution is 2.28. The Labute approximate surface area is 91.9 Å². The molecule has 0 aromatic carbocycles. The topological polar surface area (TPSA) is 38.3 Å². The van der Waals surface area contributed by atoms with E-state index < -0.39 is 0 Å². The van der Waals surface area contributed by atoms with Crippen molar-refractivity contribution in [3.63, 3.8) is 0 Å². The van der Waals surface area contributed by atoms with Crippen LogP contribution in [0.1, 0.15) is 41.0 Å². The van der Waals surface area contributed by atoms with E-state index in [1.165, 1.54) is 0 Å². The van der Waals surface area contributed by atoms with Gasteiger partial charge in [0, 0.05) is 16.7 Å². The maximum Gasteiger partial charge on any atom is 0.333 e. The molecule has 0 amide bonds. The zero-order valence-electron chi connectivity index (χ0n) is 10.3. The summed E-state index contributed by atoms with van der Waals surface area (Å²) in [4.78, 5) is 11.7. The third kappa shape index (κ3) is 3.34. The normalized spacial score (nSPS) is 23.1. The quantitative estimate of drug-likeness (QED) is 0.710. The molecule has 86 valence electrons. The van der Waals surface area contributed by atoms with Crippen LogP contribution < -0.4 is 5.32 Å². The van der Waals surface area contributed by atoms with E-state index in [1.807, 2.05) is 13.0 Å². The van der Waals surface area contributed by atoms with Crippen molar-refractivity contribution < 1.29 is 9.53 Å². The van der Waals surface area contributed by atoms with Crippen molar-refractivity contribution in [1.82, 2.24) is 5.32 Å². The highest BCUT2D eigenvalue weighted by molar-refractivity contribution is 5.89. The number of nitrogens with one attached hydrogen (secondary N) is 1. The summed E-state index contributed by atoms with van der Waals surface area (Å²) < 4.78 is 5.03. The van der Waals surface area contributed by atoms with E-state index in [0.29, 0.717) is 6.61 Å². The van der Waals surface area contributed by atoms with Crippen LogP contribution >= 0.6 is 0 Å². The predicted molar refractivity (Wildman–Crippen MR) is 60.6 cm³/mol. The van der Waals surface area contributed by atoms with Gasteiger partial charge in [-0.15, -0.1) is 0 Å². The van der Waals surface area contributed by atoms with Crippen LogP contribution in [-0.2, 0) is 9.53 Å². The van der Waals surface area contributed by atoms with Gasteiger partial charge >= 0.3 is 5.97 Å². The molecule has 3 nitrogen and oxygen atoms in total. The molecule has 3 heteroatoms. The maximum absolute atomic E-state index is 11.7. The molecule has 0 aromatic rings. The van der Waals surface area contributed by atoms with Gasteiger partial charge in [0.15, 0.2) is 0 Å². The lowest BCUT2D eigenvalue weighted by Gasteiger charge is -2.40. The Bertz CT molecular complexity index is 290. The molecule has 1 N–H and O–H groups in total. The molecule has 1 rings (SSSR count). The minimum atomic E-state index is -0.180. The van der Waals surface area contributed by atoms with Crippen LogP contribution in [0.2, 0.25) is 0 Å². The lowest BCUT2D eigenvalue weighted by Crippen LogP contribution is -2.54. The summed E-state index contributed by atoms with van der Waals surface area (Å²) in [6.07, 6.45) is 2.69. The Kier molecular flexibility index (Phi) is 3.24. The second-order valence-corrected chi connectivity index (χ2v) is 5.30. The highest BCUT2D eigenvalue weighted by Gasteiger charge is 2.34. The molecule has 0 saturated carbocycles. The number of rotatable bonds is 2. The van der Waals surface area contributed by atoms with E-state index in [0.717, 1.165) is 12.0 Å². The fraction of sp³-hybridized carbons (Fsp3) is 0.750. The van der Waals surface area contributed by atoms with Crippen molar-refractivity contribution in [2.45, 2.75) is 52.1 Å². The van der Waals surface area contributed by atoms with E-state index >= 15 is 0 Å². The molecule has 0 fully saturated rings. The van der Waals surface area contributed by atoms with E-state index in [2.05, 4.69) is 33.0 Å². The highest BCUT2D eigenvalue weighted by atomic mass is 16.5. The number of esters is 1. The van der Waals surface area contributed by atoms with Crippen molar-refractivity contribution in [3.05, 3.63) is 11.6 Å². The third-order valence-electron chi connectivity index (χ3n) is 2.37. The van der Waals surface area contributed by atoms with Gasteiger partial charge in [0.05, 0.1) is 6.61 Å². The summed E-state index contributed by atoms with van der Waals surface area (Å²) in [7, 11) is 0. The molecule has 0 radical (unpaired) electrons. The SMILES string of the molecule is CCOC(=O)C1=CC(C)(C)NC(C)(C)C1. The van der Waals surface area contributed by atoms with Gasteiger partial charge in [-0.05, 0) is 41.0 Å². The smallest absolute Gasteiger partial charge is 0.333 e. The summed E-state index contributed by atoms with van der Waals surface area (Å²) >= 11 is 0. The fourth-order valence-electron chi connectivity index (χ4n) is 2.27. The molecular weight excluding hydrogens is 190 g/mol. The van der Waals surface area contributed by atoms with Gasteiger partial charge in [-0.2, -0.15) is 0 Å². The molecule has 0 aromatic heterocycles. The first-order valence-corrected chi connectivity index (χ1v) is 5.44. The largest absolute Gasteiger partial charge is 0.463 e. The van der Waals surface area contributed by atoms with Crippen LogP contribution in [0.4, 0.5) is 0 Å². The molecule has 1 heterocycles. The number of carbonyl (C=O) groups excluding carboxylic acids is 1. The molecule has 15 heavy (non-hydrogen) atoms. The van der Waals surface area contributed by atoms with Crippen LogP contribution in [0, 0.1) is 0 Å². The van der Waals surface area contributed by atoms with Gasteiger partial charge in [0.2, 0.25) is 0 Å². The van der Waals surface area contributed by atoms with Gasteiger partial charge < -0.3 is 10.1 Å². The second kappa shape index (κ2) is 3.97. The van der Waals surface area contributed by atoms with Crippen molar-refractivity contribution in [3.8, 4) is 0 Å². The van der Waals surface area contributed by atoms with Crippen molar-refractivity contribution >= 4 is 5.97 Å². The first-order valence-electron chi connectivity index (χ1n) is 5.44. The molecule has 1 aliphatic heterocycles. The average Bonchev–Trinajstić information content (AvgIpc) is 1.98.